The van der Waals surface area contributed by atoms with Gasteiger partial charge in [0.15, 0.2) is 0 Å². The second-order valence-electron chi connectivity index (χ2n) is 12.1. The van der Waals surface area contributed by atoms with Gasteiger partial charge in [-0.25, -0.2) is 0 Å². The van der Waals surface area contributed by atoms with Crippen LogP contribution >= 0.6 is 24.8 Å². The Kier molecular flexibility index (Phi) is 16.0. The van der Waals surface area contributed by atoms with Crippen molar-refractivity contribution in [2.75, 3.05) is 0 Å². The Morgan fingerprint density at radius 2 is 0.980 bits per heavy atom. The SMILES string of the molecule is CC(C)c1cc2c(-c3cccc4ccccc34)cccc2[cH-]1.Cc1cc2c(-c3cccc4ccccc34)ccc(C)c2[cH-]1.Cl.Cl.[CH3-].[CH3-].[Si]=[Zr]. The molecule has 2 radical (unpaired) electrons. The van der Waals surface area contributed by atoms with Crippen LogP contribution in [0, 0.1) is 28.7 Å². The zero-order valence-corrected chi connectivity index (χ0v) is 34.3. The van der Waals surface area contributed by atoms with Crippen LogP contribution in [0.15, 0.2) is 140 Å². The van der Waals surface area contributed by atoms with E-state index in [0.717, 1.165) is 0 Å². The van der Waals surface area contributed by atoms with Crippen molar-refractivity contribution in [3.05, 3.63) is 171 Å². The van der Waals surface area contributed by atoms with Crippen molar-refractivity contribution in [2.45, 2.75) is 33.6 Å². The molecule has 0 fully saturated rings. The predicted octanol–water partition coefficient (Wildman–Crippen LogP) is 13.9. The van der Waals surface area contributed by atoms with Gasteiger partial charge in [-0.3, -0.25) is 0 Å². The Balaban J connectivity index is 0.000000301. The maximum atomic E-state index is 3.06. The molecule has 0 N–H and O–H groups in total. The van der Waals surface area contributed by atoms with Crippen LogP contribution in [0.3, 0.4) is 0 Å². The molecule has 0 heterocycles. The number of halogens is 2. The average molecular weight is 775 g/mol. The molecule has 4 heteroatoms. The van der Waals surface area contributed by atoms with Crippen LogP contribution in [0.1, 0.15) is 36.5 Å². The monoisotopic (exact) mass is 772 g/mol. The molecule has 49 heavy (non-hydrogen) atoms. The summed E-state index contributed by atoms with van der Waals surface area (Å²) >= 11 is 1.36. The number of hydrogen-bond acceptors (Lipinski definition) is 0. The second-order valence-corrected chi connectivity index (χ2v) is 12.1. The average Bonchev–Trinajstić information content (AvgIpc) is 3.70. The second kappa shape index (κ2) is 18.7. The topological polar surface area (TPSA) is 0 Å². The van der Waals surface area contributed by atoms with Gasteiger partial charge in [-0.1, -0.05) is 136 Å². The third-order valence-electron chi connectivity index (χ3n) is 8.85. The van der Waals surface area contributed by atoms with Gasteiger partial charge in [-0.05, 0) is 38.6 Å². The number of rotatable bonds is 3. The minimum atomic E-state index is 0. The van der Waals surface area contributed by atoms with Crippen LogP contribution in [0.4, 0.5) is 0 Å². The minimum absolute atomic E-state index is 0. The Bertz CT molecular complexity index is 2260. The van der Waals surface area contributed by atoms with E-state index >= 15 is 0 Å². The predicted molar refractivity (Wildman–Crippen MR) is 222 cm³/mol. The summed E-state index contributed by atoms with van der Waals surface area (Å²) in [6, 6.07) is 50.8. The van der Waals surface area contributed by atoms with E-state index in [0.29, 0.717) is 5.92 Å². The summed E-state index contributed by atoms with van der Waals surface area (Å²) in [4.78, 5) is 0. The van der Waals surface area contributed by atoms with E-state index < -0.39 is 0 Å². The summed E-state index contributed by atoms with van der Waals surface area (Å²) in [5.74, 6) is 0.563. The third kappa shape index (κ3) is 8.56. The van der Waals surface area contributed by atoms with Crippen molar-refractivity contribution in [2.24, 2.45) is 0 Å². The number of aryl methyl sites for hydroxylation is 2. The number of benzene rings is 6. The summed E-state index contributed by atoms with van der Waals surface area (Å²) in [6.45, 7) is 11.9. The third-order valence-corrected chi connectivity index (χ3v) is 8.85. The first kappa shape index (κ1) is 41.9. The van der Waals surface area contributed by atoms with Gasteiger partial charge in [0.2, 0.25) is 0 Å². The van der Waals surface area contributed by atoms with E-state index in [1.807, 2.05) is 0 Å². The fraction of sp³-hybridized carbons (Fsp3) is 0.111. The molecule has 8 rings (SSSR count). The Morgan fingerprint density at radius 3 is 1.53 bits per heavy atom. The molecule has 8 aromatic rings. The quantitative estimate of drug-likeness (QED) is 0.124. The zero-order valence-electron chi connectivity index (χ0n) is 29.2. The molecule has 0 amide bonds. The molecule has 0 aliphatic carbocycles. The molecule has 0 atom stereocenters. The van der Waals surface area contributed by atoms with Gasteiger partial charge in [0.25, 0.3) is 0 Å². The first-order chi connectivity index (χ1) is 22.0. The van der Waals surface area contributed by atoms with Crippen LogP contribution in [-0.4, -0.2) is 6.88 Å². The van der Waals surface area contributed by atoms with Gasteiger partial charge in [-0.2, -0.15) is 12.1 Å². The van der Waals surface area contributed by atoms with Gasteiger partial charge in [0.05, 0.1) is 0 Å². The molecular weight excluding hydrogens is 731 g/mol. The van der Waals surface area contributed by atoms with Gasteiger partial charge >= 0.3 is 30.2 Å². The van der Waals surface area contributed by atoms with Crippen LogP contribution in [0.25, 0.3) is 65.3 Å². The number of hydrogen-bond donors (Lipinski definition) is 0. The Hall–Kier alpha value is -3.26. The van der Waals surface area contributed by atoms with Crippen molar-refractivity contribution in [1.82, 2.24) is 0 Å². The molecular formula is C45H44Cl2SiZr-4. The number of fused-ring (bicyclic) bond motifs is 4. The van der Waals surface area contributed by atoms with Crippen molar-refractivity contribution in [3.8, 4) is 22.3 Å². The molecule has 0 spiro atoms. The van der Waals surface area contributed by atoms with Crippen LogP contribution < -0.4 is 0 Å². The summed E-state index contributed by atoms with van der Waals surface area (Å²) < 4.78 is 0. The first-order valence-electron chi connectivity index (χ1n) is 15.6. The fourth-order valence-electron chi connectivity index (χ4n) is 6.57. The molecule has 0 saturated carbocycles. The molecule has 0 aromatic heterocycles. The molecule has 0 aliphatic rings. The summed E-state index contributed by atoms with van der Waals surface area (Å²) in [5.41, 5.74) is 9.42. The van der Waals surface area contributed by atoms with Gasteiger partial charge in [-0.15, -0.1) is 93.4 Å². The molecule has 250 valence electrons. The molecule has 0 unspecified atom stereocenters. The van der Waals surface area contributed by atoms with Gasteiger partial charge in [0.1, 0.15) is 0 Å². The Morgan fingerprint density at radius 1 is 0.510 bits per heavy atom. The fourth-order valence-corrected chi connectivity index (χ4v) is 6.57. The maximum absolute atomic E-state index is 3.06. The Labute approximate surface area is 322 Å². The summed E-state index contributed by atoms with van der Waals surface area (Å²) in [6.07, 6.45) is 0. The van der Waals surface area contributed by atoms with Crippen molar-refractivity contribution in [3.63, 3.8) is 0 Å². The first-order valence-corrected chi connectivity index (χ1v) is 19.7. The van der Waals surface area contributed by atoms with Crippen molar-refractivity contribution < 1.29 is 23.3 Å². The van der Waals surface area contributed by atoms with E-state index in [9.17, 15) is 0 Å². The van der Waals surface area contributed by atoms with E-state index in [1.165, 1.54) is 105 Å². The van der Waals surface area contributed by atoms with E-state index in [4.69, 9.17) is 0 Å². The summed E-state index contributed by atoms with van der Waals surface area (Å²) in [7, 11) is 0. The van der Waals surface area contributed by atoms with Gasteiger partial charge < -0.3 is 14.9 Å². The van der Waals surface area contributed by atoms with Crippen molar-refractivity contribution in [1.29, 1.82) is 0 Å². The van der Waals surface area contributed by atoms with Crippen LogP contribution in [0.5, 0.6) is 0 Å². The van der Waals surface area contributed by atoms with Crippen molar-refractivity contribution >= 4 is 74.8 Å². The zero-order chi connectivity index (χ0) is 31.5. The standard InChI is InChI=1S/C22H19.C21H17.2CH3.2ClH.Si.Zr/c1-15(2)18-13-17-9-6-12-21(22(17)14-18)20-11-5-8-16-7-3-4-10-19(16)20;1-14-12-20-15(2)10-11-19(21(20)13-14)18-9-5-7-16-6-3-4-8-17(16)18;;;;;;/h3-15H,1-2H3;3-13H,1-2H3;2*1H3;2*1H;;/q4*-1;;;;. The molecule has 0 nitrogen and oxygen atoms in total. The molecule has 0 saturated heterocycles. The van der Waals surface area contributed by atoms with E-state index in [-0.39, 0.29) is 39.7 Å². The van der Waals surface area contributed by atoms with Crippen LogP contribution in [0.2, 0.25) is 0 Å². The molecule has 0 aliphatic heterocycles. The molecule has 8 aromatic carbocycles. The van der Waals surface area contributed by atoms with Gasteiger partial charge in [0, 0.05) is 0 Å². The summed E-state index contributed by atoms with van der Waals surface area (Å²) in [5, 5.41) is 10.7. The normalized spacial score (nSPS) is 10.1. The van der Waals surface area contributed by atoms with E-state index in [1.54, 1.807) is 0 Å². The van der Waals surface area contributed by atoms with Crippen LogP contribution in [-0.2, 0) is 23.3 Å². The van der Waals surface area contributed by atoms with E-state index in [2.05, 4.69) is 174 Å². The molecule has 0 bridgehead atoms.